The van der Waals surface area contributed by atoms with Crippen LogP contribution in [-0.4, -0.2) is 41.2 Å². The molecule has 0 saturated carbocycles. The van der Waals surface area contributed by atoms with Gasteiger partial charge in [-0.15, -0.1) is 0 Å². The van der Waals surface area contributed by atoms with E-state index >= 15 is 0 Å². The molecule has 40 heavy (non-hydrogen) atoms. The standard InChI is InChI=1S/C32H41N3O5/c1-4-5-18-39-31(38)25(19-24-12-8-6-9-13-24)20-27(36)29(32(33,34)26-14-10-7-11-15-26)28(37)21-40-30-22(2)16-17-35-23(30)3/h6-17,25,27,29,36H,4-5,18-21,33-34H2,1-3H3/t25-,27-,29-/m0/s1. The fourth-order valence-electron chi connectivity index (χ4n) is 4.86. The van der Waals surface area contributed by atoms with Gasteiger partial charge in [-0.05, 0) is 55.9 Å². The van der Waals surface area contributed by atoms with Gasteiger partial charge in [0.05, 0.1) is 30.2 Å². The molecule has 3 atom stereocenters. The number of carbonyl (C=O) groups excluding carboxylic acids is 2. The van der Waals surface area contributed by atoms with Gasteiger partial charge in [0, 0.05) is 6.20 Å². The summed E-state index contributed by atoms with van der Waals surface area (Å²) in [6.45, 7) is 5.58. The van der Waals surface area contributed by atoms with E-state index in [1.807, 2.05) is 50.2 Å². The molecule has 0 aliphatic heterocycles. The highest BCUT2D eigenvalue weighted by Gasteiger charge is 2.44. The van der Waals surface area contributed by atoms with E-state index in [0.717, 1.165) is 24.0 Å². The lowest BCUT2D eigenvalue weighted by molar-refractivity contribution is -0.151. The van der Waals surface area contributed by atoms with Crippen LogP contribution in [0.3, 0.4) is 0 Å². The van der Waals surface area contributed by atoms with Crippen molar-refractivity contribution >= 4 is 11.8 Å². The zero-order valence-electron chi connectivity index (χ0n) is 23.6. The molecule has 3 rings (SSSR count). The van der Waals surface area contributed by atoms with E-state index in [4.69, 9.17) is 20.9 Å². The second kappa shape index (κ2) is 14.7. The number of nitrogens with zero attached hydrogens (tertiary/aromatic N) is 1. The van der Waals surface area contributed by atoms with Crippen LogP contribution in [0.15, 0.2) is 72.9 Å². The van der Waals surface area contributed by atoms with Crippen LogP contribution < -0.4 is 16.2 Å². The maximum Gasteiger partial charge on any atom is 0.309 e. The molecule has 1 heterocycles. The van der Waals surface area contributed by atoms with E-state index in [0.29, 0.717) is 30.0 Å². The minimum atomic E-state index is -1.73. The molecule has 214 valence electrons. The van der Waals surface area contributed by atoms with Crippen molar-refractivity contribution < 1.29 is 24.2 Å². The minimum Gasteiger partial charge on any atom is -0.484 e. The maximum absolute atomic E-state index is 13.7. The summed E-state index contributed by atoms with van der Waals surface area (Å²) in [5.74, 6) is -2.40. The van der Waals surface area contributed by atoms with E-state index in [9.17, 15) is 14.7 Å². The van der Waals surface area contributed by atoms with E-state index in [1.165, 1.54) is 0 Å². The fraction of sp³-hybridized carbons (Fsp3) is 0.406. The third-order valence-corrected chi connectivity index (χ3v) is 7.08. The molecular weight excluding hydrogens is 506 g/mol. The third-order valence-electron chi connectivity index (χ3n) is 7.08. The van der Waals surface area contributed by atoms with Gasteiger partial charge in [0.25, 0.3) is 0 Å². The van der Waals surface area contributed by atoms with Crippen molar-refractivity contribution in [3.05, 3.63) is 95.3 Å². The highest BCUT2D eigenvalue weighted by atomic mass is 16.5. The number of aromatic nitrogens is 1. The molecule has 0 amide bonds. The molecule has 0 spiro atoms. The first kappa shape index (κ1) is 30.9. The Hall–Kier alpha value is -3.59. The van der Waals surface area contributed by atoms with Gasteiger partial charge in [-0.1, -0.05) is 74.0 Å². The summed E-state index contributed by atoms with van der Waals surface area (Å²) in [7, 11) is 0. The zero-order valence-corrected chi connectivity index (χ0v) is 23.6. The Bertz CT molecular complexity index is 1210. The van der Waals surface area contributed by atoms with Crippen molar-refractivity contribution in [2.75, 3.05) is 13.2 Å². The van der Waals surface area contributed by atoms with Crippen molar-refractivity contribution in [3.8, 4) is 5.75 Å². The highest BCUT2D eigenvalue weighted by Crippen LogP contribution is 2.31. The summed E-state index contributed by atoms with van der Waals surface area (Å²) in [6, 6.07) is 20.0. The van der Waals surface area contributed by atoms with Crippen LogP contribution in [0.2, 0.25) is 0 Å². The number of esters is 1. The van der Waals surface area contributed by atoms with Crippen LogP contribution in [0, 0.1) is 25.7 Å². The van der Waals surface area contributed by atoms with E-state index < -0.39 is 35.4 Å². The number of Topliss-reactive ketones (excluding diaryl/α,β-unsaturated/α-hetero) is 1. The maximum atomic E-state index is 13.7. The van der Waals surface area contributed by atoms with Gasteiger partial charge >= 0.3 is 5.97 Å². The number of rotatable bonds is 15. The summed E-state index contributed by atoms with van der Waals surface area (Å²) < 4.78 is 11.4. The van der Waals surface area contributed by atoms with E-state index in [1.54, 1.807) is 43.5 Å². The second-order valence-electron chi connectivity index (χ2n) is 10.3. The Morgan fingerprint density at radius 3 is 2.27 bits per heavy atom. The lowest BCUT2D eigenvalue weighted by Gasteiger charge is -2.37. The molecule has 1 aromatic heterocycles. The summed E-state index contributed by atoms with van der Waals surface area (Å²) in [5, 5.41) is 11.6. The van der Waals surface area contributed by atoms with Gasteiger partial charge in [-0.2, -0.15) is 0 Å². The minimum absolute atomic E-state index is 0.0653. The van der Waals surface area contributed by atoms with Gasteiger partial charge in [-0.25, -0.2) is 0 Å². The molecule has 0 unspecified atom stereocenters. The van der Waals surface area contributed by atoms with Crippen LogP contribution in [0.4, 0.5) is 0 Å². The number of hydrogen-bond donors (Lipinski definition) is 3. The summed E-state index contributed by atoms with van der Waals surface area (Å²) in [5.41, 5.74) is 14.4. The van der Waals surface area contributed by atoms with Crippen LogP contribution in [-0.2, 0) is 26.4 Å². The van der Waals surface area contributed by atoms with Crippen molar-refractivity contribution in [3.63, 3.8) is 0 Å². The Morgan fingerprint density at radius 1 is 1.00 bits per heavy atom. The summed E-state index contributed by atoms with van der Waals surface area (Å²) in [4.78, 5) is 31.1. The summed E-state index contributed by atoms with van der Waals surface area (Å²) >= 11 is 0. The van der Waals surface area contributed by atoms with Crippen molar-refractivity contribution in [2.24, 2.45) is 23.3 Å². The lowest BCUT2D eigenvalue weighted by Crippen LogP contribution is -2.60. The predicted octanol–water partition coefficient (Wildman–Crippen LogP) is 3.99. The molecule has 2 aromatic carbocycles. The molecular formula is C32H41N3O5. The monoisotopic (exact) mass is 547 g/mol. The molecule has 0 bridgehead atoms. The number of carbonyl (C=O) groups is 2. The average Bonchev–Trinajstić information content (AvgIpc) is 2.93. The molecule has 3 aromatic rings. The highest BCUT2D eigenvalue weighted by molar-refractivity contribution is 5.85. The molecule has 0 fully saturated rings. The molecule has 0 radical (unpaired) electrons. The SMILES string of the molecule is CCCCOC(=O)[C@@H](Cc1ccccc1)C[C@H](O)[C@@H](C(=O)COc1c(C)ccnc1C)C(N)(N)c1ccccc1. The molecule has 8 heteroatoms. The number of pyridine rings is 1. The fourth-order valence-corrected chi connectivity index (χ4v) is 4.86. The number of unbranched alkanes of at least 4 members (excludes halogenated alkanes) is 1. The number of aliphatic hydroxyl groups excluding tert-OH is 1. The number of aryl methyl sites for hydroxylation is 2. The molecule has 0 aliphatic rings. The Labute approximate surface area is 236 Å². The third kappa shape index (κ3) is 8.21. The number of ketones is 1. The van der Waals surface area contributed by atoms with E-state index in [2.05, 4.69) is 4.98 Å². The quantitative estimate of drug-likeness (QED) is 0.148. The lowest BCUT2D eigenvalue weighted by atomic mass is 9.77. The smallest absolute Gasteiger partial charge is 0.309 e. The van der Waals surface area contributed by atoms with Gasteiger partial charge in [0.1, 0.15) is 18.0 Å². The predicted molar refractivity (Wildman–Crippen MR) is 154 cm³/mol. The number of nitrogens with two attached hydrogens (primary N) is 2. The van der Waals surface area contributed by atoms with Gasteiger partial charge in [-0.3, -0.25) is 14.6 Å². The number of aliphatic hydroxyl groups is 1. The van der Waals surface area contributed by atoms with Crippen molar-refractivity contribution in [1.29, 1.82) is 0 Å². The Morgan fingerprint density at radius 2 is 1.65 bits per heavy atom. The van der Waals surface area contributed by atoms with Crippen LogP contribution in [0.25, 0.3) is 0 Å². The largest absolute Gasteiger partial charge is 0.484 e. The van der Waals surface area contributed by atoms with Crippen molar-refractivity contribution in [1.82, 2.24) is 4.98 Å². The molecule has 0 aliphatic carbocycles. The van der Waals surface area contributed by atoms with Crippen LogP contribution in [0.5, 0.6) is 5.75 Å². The number of benzene rings is 2. The van der Waals surface area contributed by atoms with Gasteiger partial charge < -0.3 is 26.0 Å². The first-order chi connectivity index (χ1) is 19.1. The molecule has 0 saturated heterocycles. The van der Waals surface area contributed by atoms with Crippen molar-refractivity contribution in [2.45, 2.75) is 58.2 Å². The number of hydrogen-bond acceptors (Lipinski definition) is 8. The topological polar surface area (TPSA) is 138 Å². The molecule has 8 nitrogen and oxygen atoms in total. The number of ether oxygens (including phenoxy) is 2. The van der Waals surface area contributed by atoms with Crippen LogP contribution in [0.1, 0.15) is 48.6 Å². The van der Waals surface area contributed by atoms with Gasteiger partial charge in [0.2, 0.25) is 0 Å². The first-order valence-corrected chi connectivity index (χ1v) is 13.7. The Kier molecular flexibility index (Phi) is 11.4. The first-order valence-electron chi connectivity index (χ1n) is 13.7. The van der Waals surface area contributed by atoms with E-state index in [-0.39, 0.29) is 13.0 Å². The van der Waals surface area contributed by atoms with Gasteiger partial charge in [0.15, 0.2) is 5.78 Å². The normalized spacial score (nSPS) is 13.8. The second-order valence-corrected chi connectivity index (χ2v) is 10.3. The Balaban J connectivity index is 1.90. The zero-order chi connectivity index (χ0) is 29.1. The molecule has 5 N–H and O–H groups in total. The summed E-state index contributed by atoms with van der Waals surface area (Å²) in [6.07, 6.45) is 2.20. The van der Waals surface area contributed by atoms with Crippen LogP contribution >= 0.6 is 0 Å². The average molecular weight is 548 g/mol.